The summed E-state index contributed by atoms with van der Waals surface area (Å²) < 4.78 is 5.11. The monoisotopic (exact) mass is 200 g/mol. The summed E-state index contributed by atoms with van der Waals surface area (Å²) in [6.45, 7) is 3.39. The van der Waals surface area contributed by atoms with E-state index in [0.717, 1.165) is 4.88 Å². The third-order valence-corrected chi connectivity index (χ3v) is 2.63. The number of methoxy groups -OCH3 is 1. The van der Waals surface area contributed by atoms with Crippen LogP contribution in [0.3, 0.4) is 0 Å². The lowest BCUT2D eigenvalue weighted by Gasteiger charge is -2.03. The highest BCUT2D eigenvalue weighted by Gasteiger charge is 2.08. The van der Waals surface area contributed by atoms with E-state index in [1.807, 2.05) is 6.92 Å². The molecule has 1 N–H and O–H groups in total. The maximum atomic E-state index is 10.7. The highest BCUT2D eigenvalue weighted by Crippen LogP contribution is 2.25. The number of thiazole rings is 1. The number of nitrogens with one attached hydrogen (secondary N) is 1. The Balaban J connectivity index is 2.68. The zero-order valence-electron chi connectivity index (χ0n) is 7.83. The first-order valence-corrected chi connectivity index (χ1v) is 4.71. The van der Waals surface area contributed by atoms with Crippen molar-refractivity contribution in [2.45, 2.75) is 20.0 Å². The van der Waals surface area contributed by atoms with Crippen LogP contribution < -0.4 is 5.32 Å². The van der Waals surface area contributed by atoms with Crippen LogP contribution in [0.15, 0.2) is 6.20 Å². The van der Waals surface area contributed by atoms with Gasteiger partial charge < -0.3 is 10.1 Å². The Kier molecular flexibility index (Phi) is 3.39. The lowest BCUT2D eigenvalue weighted by molar-refractivity contribution is -0.114. The van der Waals surface area contributed by atoms with Crippen molar-refractivity contribution in [2.24, 2.45) is 0 Å². The average Bonchev–Trinajstić information content (AvgIpc) is 2.50. The smallest absolute Gasteiger partial charge is 0.223 e. The third kappa shape index (κ3) is 2.78. The quantitative estimate of drug-likeness (QED) is 0.809. The van der Waals surface area contributed by atoms with Crippen molar-refractivity contribution in [3.63, 3.8) is 0 Å². The Morgan fingerprint density at radius 3 is 3.00 bits per heavy atom. The van der Waals surface area contributed by atoms with Gasteiger partial charge in [0.1, 0.15) is 0 Å². The number of hydrogen-bond acceptors (Lipinski definition) is 4. The zero-order valence-corrected chi connectivity index (χ0v) is 8.64. The summed E-state index contributed by atoms with van der Waals surface area (Å²) in [5, 5.41) is 3.23. The third-order valence-electron chi connectivity index (χ3n) is 1.56. The van der Waals surface area contributed by atoms with Gasteiger partial charge in [-0.15, -0.1) is 0 Å². The van der Waals surface area contributed by atoms with Crippen molar-refractivity contribution in [1.29, 1.82) is 0 Å². The molecule has 0 aliphatic heterocycles. The van der Waals surface area contributed by atoms with Gasteiger partial charge in [0.25, 0.3) is 0 Å². The predicted octanol–water partition coefficient (Wildman–Crippen LogP) is 1.81. The number of aromatic nitrogens is 1. The molecule has 0 fully saturated rings. The maximum absolute atomic E-state index is 10.7. The summed E-state index contributed by atoms with van der Waals surface area (Å²) in [5.74, 6) is -0.106. The molecule has 5 heteroatoms. The van der Waals surface area contributed by atoms with Gasteiger partial charge in [-0.25, -0.2) is 4.98 Å². The largest absolute Gasteiger partial charge is 0.376 e. The number of amides is 1. The van der Waals surface area contributed by atoms with E-state index in [9.17, 15) is 4.79 Å². The van der Waals surface area contributed by atoms with Crippen molar-refractivity contribution in [2.75, 3.05) is 12.4 Å². The number of nitrogens with zero attached hydrogens (tertiary/aromatic N) is 1. The average molecular weight is 200 g/mol. The van der Waals surface area contributed by atoms with Crippen molar-refractivity contribution in [1.82, 2.24) is 4.98 Å². The molecule has 0 spiro atoms. The normalized spacial score (nSPS) is 12.5. The summed E-state index contributed by atoms with van der Waals surface area (Å²) in [5.41, 5.74) is 0. The molecule has 1 atom stereocenters. The van der Waals surface area contributed by atoms with E-state index in [4.69, 9.17) is 4.74 Å². The van der Waals surface area contributed by atoms with Crippen molar-refractivity contribution < 1.29 is 9.53 Å². The molecule has 0 saturated heterocycles. The molecule has 0 aliphatic carbocycles. The lowest BCUT2D eigenvalue weighted by atomic mass is 10.4. The van der Waals surface area contributed by atoms with E-state index >= 15 is 0 Å². The predicted molar refractivity (Wildman–Crippen MR) is 51.8 cm³/mol. The second kappa shape index (κ2) is 4.34. The minimum atomic E-state index is -0.106. The molecule has 1 unspecified atom stereocenters. The first-order valence-electron chi connectivity index (χ1n) is 3.89. The van der Waals surface area contributed by atoms with Gasteiger partial charge in [0, 0.05) is 20.2 Å². The van der Waals surface area contributed by atoms with Crippen LogP contribution in [0.25, 0.3) is 0 Å². The van der Waals surface area contributed by atoms with E-state index < -0.39 is 0 Å². The first-order chi connectivity index (χ1) is 6.13. The van der Waals surface area contributed by atoms with Gasteiger partial charge in [0.05, 0.1) is 11.0 Å². The number of rotatable bonds is 3. The standard InChI is InChI=1S/C8H12N2O2S/c1-5(12-3)7-4-9-8(13-7)10-6(2)11/h4-5H,1-3H3,(H,9,10,11). The van der Waals surface area contributed by atoms with E-state index in [1.54, 1.807) is 13.3 Å². The van der Waals surface area contributed by atoms with E-state index in [2.05, 4.69) is 10.3 Å². The molecular weight excluding hydrogens is 188 g/mol. The summed E-state index contributed by atoms with van der Waals surface area (Å²) >= 11 is 1.43. The molecule has 0 saturated carbocycles. The topological polar surface area (TPSA) is 51.2 Å². The molecular formula is C8H12N2O2S. The van der Waals surface area contributed by atoms with Gasteiger partial charge in [-0.05, 0) is 6.92 Å². The number of carbonyl (C=O) groups excluding carboxylic acids is 1. The fourth-order valence-electron chi connectivity index (χ4n) is 0.799. The van der Waals surface area contributed by atoms with Crippen LogP contribution in [-0.4, -0.2) is 18.0 Å². The van der Waals surface area contributed by atoms with Crippen LogP contribution in [0.2, 0.25) is 0 Å². The molecule has 72 valence electrons. The van der Waals surface area contributed by atoms with E-state index in [-0.39, 0.29) is 12.0 Å². The Morgan fingerprint density at radius 1 is 1.77 bits per heavy atom. The second-order valence-electron chi connectivity index (χ2n) is 2.63. The first kappa shape index (κ1) is 10.1. The van der Waals surface area contributed by atoms with Gasteiger partial charge in [-0.2, -0.15) is 0 Å². The SMILES string of the molecule is COC(C)c1cnc(NC(C)=O)s1. The fourth-order valence-corrected chi connectivity index (χ4v) is 1.69. The maximum Gasteiger partial charge on any atom is 0.223 e. The molecule has 1 rings (SSSR count). The van der Waals surface area contributed by atoms with Gasteiger partial charge in [-0.1, -0.05) is 11.3 Å². The summed E-state index contributed by atoms with van der Waals surface area (Å²) in [6.07, 6.45) is 1.74. The van der Waals surface area contributed by atoms with Crippen LogP contribution >= 0.6 is 11.3 Å². The lowest BCUT2D eigenvalue weighted by Crippen LogP contribution is -2.04. The molecule has 0 radical (unpaired) electrons. The Hall–Kier alpha value is -0.940. The number of ether oxygens (including phenoxy) is 1. The Labute approximate surface area is 80.9 Å². The molecule has 4 nitrogen and oxygen atoms in total. The van der Waals surface area contributed by atoms with Crippen molar-refractivity contribution >= 4 is 22.4 Å². The highest BCUT2D eigenvalue weighted by molar-refractivity contribution is 7.15. The summed E-state index contributed by atoms with van der Waals surface area (Å²) in [6, 6.07) is 0. The number of hydrogen-bond donors (Lipinski definition) is 1. The van der Waals surface area contributed by atoms with E-state index in [0.29, 0.717) is 5.13 Å². The minimum absolute atomic E-state index is 0.0278. The molecule has 1 heterocycles. The molecule has 13 heavy (non-hydrogen) atoms. The summed E-state index contributed by atoms with van der Waals surface area (Å²) in [7, 11) is 1.64. The Bertz CT molecular complexity index is 298. The van der Waals surface area contributed by atoms with E-state index in [1.165, 1.54) is 18.3 Å². The minimum Gasteiger partial charge on any atom is -0.376 e. The van der Waals surface area contributed by atoms with Crippen LogP contribution in [-0.2, 0) is 9.53 Å². The summed E-state index contributed by atoms with van der Waals surface area (Å²) in [4.78, 5) is 15.7. The van der Waals surface area contributed by atoms with Crippen LogP contribution in [0.1, 0.15) is 24.8 Å². The second-order valence-corrected chi connectivity index (χ2v) is 3.69. The highest BCUT2D eigenvalue weighted by atomic mass is 32.1. The van der Waals surface area contributed by atoms with Crippen molar-refractivity contribution in [3.8, 4) is 0 Å². The molecule has 0 aromatic carbocycles. The number of anilines is 1. The molecule has 1 aromatic rings. The molecule has 0 aliphatic rings. The fraction of sp³-hybridized carbons (Fsp3) is 0.500. The van der Waals surface area contributed by atoms with Crippen LogP contribution in [0, 0.1) is 0 Å². The van der Waals surface area contributed by atoms with Crippen LogP contribution in [0.5, 0.6) is 0 Å². The van der Waals surface area contributed by atoms with Crippen LogP contribution in [0.4, 0.5) is 5.13 Å². The number of carbonyl (C=O) groups is 1. The van der Waals surface area contributed by atoms with Gasteiger partial charge in [0.15, 0.2) is 5.13 Å². The van der Waals surface area contributed by atoms with Gasteiger partial charge in [-0.3, -0.25) is 4.79 Å². The van der Waals surface area contributed by atoms with Gasteiger partial charge >= 0.3 is 0 Å². The molecule has 1 amide bonds. The van der Waals surface area contributed by atoms with Gasteiger partial charge in [0.2, 0.25) is 5.91 Å². The molecule has 1 aromatic heterocycles. The molecule has 0 bridgehead atoms. The zero-order chi connectivity index (χ0) is 9.84. The Morgan fingerprint density at radius 2 is 2.46 bits per heavy atom. The van der Waals surface area contributed by atoms with Crippen molar-refractivity contribution in [3.05, 3.63) is 11.1 Å².